The first-order valence-corrected chi connectivity index (χ1v) is 8.70. The van der Waals surface area contributed by atoms with Crippen molar-refractivity contribution < 1.29 is 4.74 Å². The molecule has 5 nitrogen and oxygen atoms in total. The molecule has 4 rings (SSSR count). The fraction of sp³-hybridized carbons (Fsp3) is 0.421. The summed E-state index contributed by atoms with van der Waals surface area (Å²) in [5, 5.41) is 10.8. The van der Waals surface area contributed by atoms with Crippen LogP contribution >= 0.6 is 0 Å². The maximum absolute atomic E-state index is 6.05. The van der Waals surface area contributed by atoms with Crippen molar-refractivity contribution in [1.29, 1.82) is 0 Å². The highest BCUT2D eigenvalue weighted by Crippen LogP contribution is 2.34. The summed E-state index contributed by atoms with van der Waals surface area (Å²) in [6, 6.07) is 8.55. The van der Waals surface area contributed by atoms with Crippen LogP contribution in [0.3, 0.4) is 0 Å². The largest absolute Gasteiger partial charge is 0.470 e. The molecule has 3 aromatic rings. The van der Waals surface area contributed by atoms with E-state index in [1.54, 1.807) is 0 Å². The normalized spacial score (nSPS) is 16.9. The predicted octanol–water partition coefficient (Wildman–Crippen LogP) is 3.64. The Balaban J connectivity index is 0.000000815. The van der Waals surface area contributed by atoms with Gasteiger partial charge in [-0.05, 0) is 25.5 Å². The number of hydrogen-bond donors (Lipinski definition) is 2. The minimum atomic E-state index is 0.212. The number of aromatic nitrogens is 3. The Morgan fingerprint density at radius 1 is 1.21 bits per heavy atom. The molecule has 2 aromatic heterocycles. The van der Waals surface area contributed by atoms with E-state index >= 15 is 0 Å². The van der Waals surface area contributed by atoms with E-state index < -0.39 is 0 Å². The summed E-state index contributed by atoms with van der Waals surface area (Å²) in [6.45, 7) is 8.01. The summed E-state index contributed by atoms with van der Waals surface area (Å²) in [6.07, 6.45) is 3.38. The van der Waals surface area contributed by atoms with E-state index in [4.69, 9.17) is 4.74 Å². The van der Waals surface area contributed by atoms with Crippen molar-refractivity contribution >= 4 is 11.0 Å². The number of aromatic amines is 1. The van der Waals surface area contributed by atoms with E-state index in [0.29, 0.717) is 5.88 Å². The number of H-pyrrole nitrogens is 1. The number of rotatable bonds is 3. The molecule has 128 valence electrons. The first-order valence-electron chi connectivity index (χ1n) is 8.70. The van der Waals surface area contributed by atoms with Crippen LogP contribution in [0, 0.1) is 6.92 Å². The molecule has 0 saturated carbocycles. The summed E-state index contributed by atoms with van der Waals surface area (Å²) in [4.78, 5) is 0. The number of hydrogen-bond acceptors (Lipinski definition) is 3. The molecule has 0 aliphatic carbocycles. The zero-order valence-electron chi connectivity index (χ0n) is 14.9. The van der Waals surface area contributed by atoms with Gasteiger partial charge in [0.2, 0.25) is 0 Å². The van der Waals surface area contributed by atoms with Gasteiger partial charge in [-0.3, -0.25) is 5.10 Å². The molecule has 0 spiro atoms. The van der Waals surface area contributed by atoms with Crippen LogP contribution in [-0.2, 0) is 7.05 Å². The van der Waals surface area contributed by atoms with Crippen molar-refractivity contribution in [1.82, 2.24) is 20.1 Å². The summed E-state index contributed by atoms with van der Waals surface area (Å²) in [5.41, 5.74) is 5.67. The third-order valence-electron chi connectivity index (χ3n) is 4.31. The molecule has 2 N–H and O–H groups in total. The van der Waals surface area contributed by atoms with Crippen LogP contribution in [0.5, 0.6) is 5.88 Å². The molecule has 1 unspecified atom stereocenters. The molecule has 0 amide bonds. The van der Waals surface area contributed by atoms with Crippen LogP contribution in [0.2, 0.25) is 0 Å². The Morgan fingerprint density at radius 3 is 2.62 bits per heavy atom. The Bertz CT molecular complexity index is 795. The Labute approximate surface area is 143 Å². The Morgan fingerprint density at radius 2 is 1.96 bits per heavy atom. The number of nitrogens with zero attached hydrogens (tertiary/aromatic N) is 2. The van der Waals surface area contributed by atoms with Crippen LogP contribution in [0.4, 0.5) is 0 Å². The van der Waals surface area contributed by atoms with E-state index in [-0.39, 0.29) is 6.10 Å². The van der Waals surface area contributed by atoms with Crippen molar-refractivity contribution in [2.75, 3.05) is 13.1 Å². The van der Waals surface area contributed by atoms with Gasteiger partial charge in [-0.1, -0.05) is 43.7 Å². The summed E-state index contributed by atoms with van der Waals surface area (Å²) < 4.78 is 8.14. The summed E-state index contributed by atoms with van der Waals surface area (Å²) >= 11 is 0. The molecule has 1 aliphatic heterocycles. The van der Waals surface area contributed by atoms with Crippen molar-refractivity contribution in [2.45, 2.75) is 33.3 Å². The monoisotopic (exact) mass is 326 g/mol. The maximum atomic E-state index is 6.05. The van der Waals surface area contributed by atoms with Gasteiger partial charge in [0.25, 0.3) is 5.88 Å². The average molecular weight is 326 g/mol. The third kappa shape index (κ3) is 3.04. The van der Waals surface area contributed by atoms with E-state index in [2.05, 4.69) is 57.5 Å². The molecule has 1 aromatic carbocycles. The van der Waals surface area contributed by atoms with Gasteiger partial charge in [0.15, 0.2) is 0 Å². The first-order chi connectivity index (χ1) is 11.7. The second kappa shape index (κ2) is 7.09. The van der Waals surface area contributed by atoms with Crippen LogP contribution in [0.1, 0.15) is 25.8 Å². The number of benzene rings is 1. The smallest absolute Gasteiger partial charge is 0.257 e. The molecule has 1 saturated heterocycles. The molecule has 0 radical (unpaired) electrons. The Hall–Kier alpha value is -2.27. The predicted molar refractivity (Wildman–Crippen MR) is 98.5 cm³/mol. The minimum Gasteiger partial charge on any atom is -0.470 e. The molecule has 3 heterocycles. The van der Waals surface area contributed by atoms with Gasteiger partial charge in [0.1, 0.15) is 11.6 Å². The molecule has 1 aliphatic rings. The van der Waals surface area contributed by atoms with Gasteiger partial charge < -0.3 is 14.6 Å². The lowest BCUT2D eigenvalue weighted by atomic mass is 10.1. The second-order valence-electron chi connectivity index (χ2n) is 6.00. The highest BCUT2D eigenvalue weighted by atomic mass is 16.5. The van der Waals surface area contributed by atoms with Gasteiger partial charge in [0, 0.05) is 25.4 Å². The van der Waals surface area contributed by atoms with Crippen LogP contribution < -0.4 is 10.1 Å². The molecule has 1 fully saturated rings. The average Bonchev–Trinajstić information content (AvgIpc) is 3.31. The topological polar surface area (TPSA) is 54.9 Å². The maximum Gasteiger partial charge on any atom is 0.257 e. The van der Waals surface area contributed by atoms with Gasteiger partial charge >= 0.3 is 0 Å². The third-order valence-corrected chi connectivity index (χ3v) is 4.31. The van der Waals surface area contributed by atoms with Gasteiger partial charge in [-0.15, -0.1) is 5.10 Å². The van der Waals surface area contributed by atoms with Crippen LogP contribution in [0.25, 0.3) is 22.2 Å². The lowest BCUT2D eigenvalue weighted by Gasteiger charge is -2.09. The fourth-order valence-corrected chi connectivity index (χ4v) is 3.08. The summed E-state index contributed by atoms with van der Waals surface area (Å²) in [5.74, 6) is 0.699. The van der Waals surface area contributed by atoms with Crippen molar-refractivity contribution in [3.63, 3.8) is 0 Å². The molecule has 1 atom stereocenters. The number of fused-ring (bicyclic) bond motifs is 1. The van der Waals surface area contributed by atoms with Gasteiger partial charge in [0.05, 0.1) is 5.52 Å². The highest BCUT2D eigenvalue weighted by Gasteiger charge is 2.21. The quantitative estimate of drug-likeness (QED) is 0.772. The summed E-state index contributed by atoms with van der Waals surface area (Å²) in [7, 11) is 2.04. The fourth-order valence-electron chi connectivity index (χ4n) is 3.08. The standard InChI is InChI=1S/C17H20N4O.C2H6/c1-11-3-5-12(6-4-11)14-10-21(2)16-15(14)19-20-17(16)22-13-7-8-18-9-13;1-2/h3-6,10,13,18H,7-9H2,1-2H3,(H,19,20);1-2H3. The number of ether oxygens (including phenoxy) is 1. The minimum absolute atomic E-state index is 0.212. The van der Waals surface area contributed by atoms with Crippen molar-refractivity contribution in [3.8, 4) is 17.0 Å². The lowest BCUT2D eigenvalue weighted by Crippen LogP contribution is -2.20. The van der Waals surface area contributed by atoms with Crippen LogP contribution in [0.15, 0.2) is 30.5 Å². The molecule has 24 heavy (non-hydrogen) atoms. The number of nitrogens with one attached hydrogen (secondary N) is 2. The molecule has 0 bridgehead atoms. The highest BCUT2D eigenvalue weighted by molar-refractivity contribution is 5.95. The van der Waals surface area contributed by atoms with Crippen molar-refractivity contribution in [2.24, 2.45) is 7.05 Å². The first kappa shape index (κ1) is 16.6. The lowest BCUT2D eigenvalue weighted by molar-refractivity contribution is 0.215. The van der Waals surface area contributed by atoms with E-state index in [1.807, 2.05) is 20.9 Å². The van der Waals surface area contributed by atoms with E-state index in [1.165, 1.54) is 11.1 Å². The van der Waals surface area contributed by atoms with Gasteiger partial charge in [-0.2, -0.15) is 0 Å². The molecular weight excluding hydrogens is 300 g/mol. The SMILES string of the molecule is CC.Cc1ccc(-c2cn(C)c3c(OC4CCNC4)n[nH]c23)cc1. The molecular formula is C19H26N4O. The number of aryl methyl sites for hydroxylation is 2. The second-order valence-corrected chi connectivity index (χ2v) is 6.00. The molecule has 5 heteroatoms. The van der Waals surface area contributed by atoms with E-state index in [0.717, 1.165) is 36.1 Å². The van der Waals surface area contributed by atoms with Crippen molar-refractivity contribution in [3.05, 3.63) is 36.0 Å². The Kier molecular flexibility index (Phi) is 4.90. The van der Waals surface area contributed by atoms with Gasteiger partial charge in [-0.25, -0.2) is 0 Å². The van der Waals surface area contributed by atoms with E-state index in [9.17, 15) is 0 Å². The zero-order chi connectivity index (χ0) is 17.1. The van der Waals surface area contributed by atoms with Crippen LogP contribution in [-0.4, -0.2) is 34.0 Å². The zero-order valence-corrected chi connectivity index (χ0v) is 14.9.